The summed E-state index contributed by atoms with van der Waals surface area (Å²) in [6.45, 7) is 15.2. The van der Waals surface area contributed by atoms with E-state index < -0.39 is 29.2 Å². The van der Waals surface area contributed by atoms with E-state index in [9.17, 15) is 24.6 Å². The van der Waals surface area contributed by atoms with E-state index in [1.54, 1.807) is 17.9 Å². The average molecular weight is 972 g/mol. The summed E-state index contributed by atoms with van der Waals surface area (Å²) in [7, 11) is 0. The predicted molar refractivity (Wildman–Crippen MR) is 265 cm³/mol. The van der Waals surface area contributed by atoms with Crippen LogP contribution in [0.2, 0.25) is 0 Å². The third-order valence-electron chi connectivity index (χ3n) is 16.3. The number of anilines is 2. The van der Waals surface area contributed by atoms with Crippen LogP contribution in [0.25, 0.3) is 32.9 Å². The Labute approximate surface area is 412 Å². The van der Waals surface area contributed by atoms with Crippen LogP contribution < -0.4 is 19.9 Å². The molecule has 3 amide bonds. The van der Waals surface area contributed by atoms with Gasteiger partial charge in [-0.1, -0.05) is 19.9 Å². The second-order valence-electron chi connectivity index (χ2n) is 21.9. The zero-order chi connectivity index (χ0) is 49.4. The minimum absolute atomic E-state index is 0.00810. The van der Waals surface area contributed by atoms with Crippen LogP contribution in [0.15, 0.2) is 48.7 Å². The first-order valence-electron chi connectivity index (χ1n) is 25.5. The van der Waals surface area contributed by atoms with Crippen LogP contribution in [0.3, 0.4) is 0 Å². The minimum atomic E-state index is -0.970. The summed E-state index contributed by atoms with van der Waals surface area (Å²) in [6.07, 6.45) is 7.99. The molecule has 3 aromatic carbocycles. The predicted octanol–water partition coefficient (Wildman–Crippen LogP) is 6.59. The van der Waals surface area contributed by atoms with Gasteiger partial charge in [0, 0.05) is 93.7 Å². The number of piperazine rings is 1. The number of amides is 3. The van der Waals surface area contributed by atoms with Gasteiger partial charge in [-0.15, -0.1) is 0 Å². The fourth-order valence-corrected chi connectivity index (χ4v) is 12.0. The van der Waals surface area contributed by atoms with Crippen molar-refractivity contribution >= 4 is 50.9 Å². The number of aromatic hydroxyl groups is 1. The lowest BCUT2D eigenvalue weighted by molar-refractivity contribution is -0.136. The van der Waals surface area contributed by atoms with Crippen LogP contribution in [0, 0.1) is 22.5 Å². The molecule has 71 heavy (non-hydrogen) atoms. The van der Waals surface area contributed by atoms with Gasteiger partial charge in [0.25, 0.3) is 5.91 Å². The number of aromatic nitrogens is 3. The lowest BCUT2D eigenvalue weighted by atomic mass is 9.79. The molecular weight excluding hydrogens is 909 g/mol. The first kappa shape index (κ1) is 47.3. The van der Waals surface area contributed by atoms with Crippen LogP contribution in [0.4, 0.5) is 20.3 Å². The van der Waals surface area contributed by atoms with Gasteiger partial charge < -0.3 is 34.5 Å². The quantitative estimate of drug-likeness (QED) is 0.115. The maximum Gasteiger partial charge on any atom is 0.319 e. The molecular formula is C54H63F2N9O6. The second kappa shape index (κ2) is 18.2. The summed E-state index contributed by atoms with van der Waals surface area (Å²) in [6, 6.07) is 11.3. The van der Waals surface area contributed by atoms with Gasteiger partial charge in [0.05, 0.1) is 17.6 Å². The van der Waals surface area contributed by atoms with Crippen molar-refractivity contribution in [1.29, 1.82) is 0 Å². The number of hydrogen-bond donors (Lipinski definition) is 3. The summed E-state index contributed by atoms with van der Waals surface area (Å²) in [5.74, 6) is -1.63. The SMILES string of the molecule is CCc1c(F)ccc2cc(O)cc(-c3ncc4c(N5CCC[C@@](C)(O)C5)nc(OCC5(CN6CCC(C)(CN7CCN(c8ccc9c(c8)CN(C8CCC(=O)NC8=O)C9=O)CC7)CC6)CC5)nc4c3F)c12. The number of halogens is 2. The van der Waals surface area contributed by atoms with Crippen molar-refractivity contribution < 1.29 is 38.1 Å². The fourth-order valence-electron chi connectivity index (χ4n) is 12.0. The van der Waals surface area contributed by atoms with Gasteiger partial charge >= 0.3 is 6.01 Å². The molecule has 7 heterocycles. The third kappa shape index (κ3) is 9.25. The number of phenols is 1. The topological polar surface area (TPSA) is 168 Å². The number of piperidine rings is 3. The number of aliphatic hydroxyl groups is 1. The zero-order valence-corrected chi connectivity index (χ0v) is 40.9. The van der Waals surface area contributed by atoms with Gasteiger partial charge in [0.1, 0.15) is 34.6 Å². The highest BCUT2D eigenvalue weighted by atomic mass is 19.1. The Balaban J connectivity index is 0.733. The molecule has 0 radical (unpaired) electrons. The normalized spacial score (nSPS) is 23.7. The molecule has 0 spiro atoms. The van der Waals surface area contributed by atoms with Crippen LogP contribution >= 0.6 is 0 Å². The summed E-state index contributed by atoms with van der Waals surface area (Å²) in [4.78, 5) is 62.8. The van der Waals surface area contributed by atoms with Crippen molar-refractivity contribution in [2.45, 2.75) is 96.7 Å². The molecule has 2 aromatic heterocycles. The lowest BCUT2D eigenvalue weighted by Crippen LogP contribution is -2.52. The second-order valence-corrected chi connectivity index (χ2v) is 21.9. The lowest BCUT2D eigenvalue weighted by Gasteiger charge is -2.45. The van der Waals surface area contributed by atoms with Gasteiger partial charge in [0.15, 0.2) is 5.82 Å². The Morgan fingerprint density at radius 3 is 2.37 bits per heavy atom. The molecule has 0 bridgehead atoms. The van der Waals surface area contributed by atoms with Gasteiger partial charge in [-0.05, 0) is 135 Å². The number of carbonyl (C=O) groups is 3. The number of pyridine rings is 1. The Morgan fingerprint density at radius 1 is 0.859 bits per heavy atom. The molecule has 1 saturated carbocycles. The molecule has 1 unspecified atom stereocenters. The van der Waals surface area contributed by atoms with Gasteiger partial charge in [0.2, 0.25) is 11.8 Å². The number of ether oxygens (including phenoxy) is 1. The first-order valence-corrected chi connectivity index (χ1v) is 25.5. The number of hydrogen-bond acceptors (Lipinski definition) is 13. The van der Waals surface area contributed by atoms with Gasteiger partial charge in [-0.2, -0.15) is 9.97 Å². The van der Waals surface area contributed by atoms with E-state index in [0.29, 0.717) is 78.6 Å². The number of imide groups is 1. The molecule has 2 atom stereocenters. The van der Waals surface area contributed by atoms with Crippen molar-refractivity contribution in [3.8, 4) is 23.0 Å². The van der Waals surface area contributed by atoms with Crippen LogP contribution in [0.5, 0.6) is 11.8 Å². The maximum absolute atomic E-state index is 17.2. The zero-order valence-electron chi connectivity index (χ0n) is 40.9. The minimum Gasteiger partial charge on any atom is -0.508 e. The Kier molecular flexibility index (Phi) is 12.1. The Morgan fingerprint density at radius 2 is 1.63 bits per heavy atom. The number of β-amino-alcohol motifs (C(OH)–C–C–N with tert-alkyl or cyclic N) is 1. The molecule has 15 nitrogen and oxygen atoms in total. The van der Waals surface area contributed by atoms with E-state index >= 15 is 8.78 Å². The number of likely N-dealkylation sites (tertiary alicyclic amines) is 1. The smallest absolute Gasteiger partial charge is 0.319 e. The molecule has 4 saturated heterocycles. The number of rotatable bonds is 12. The molecule has 5 aliphatic heterocycles. The number of benzene rings is 3. The standard InChI is InChI=1S/C54H63F2N9O6/c1-4-37-41(55)9-6-33-25-36(66)26-39(44(33)37)46-45(56)47-40(27-57-46)48(64-17-5-12-53(3,70)30-64)60-51(59-47)71-32-54(13-14-54)31-61-18-15-52(2,16-19-61)29-62-20-22-63(23-21-62)35-7-8-38-34(24-35)28-65(50(38)69)42-10-11-43(67)58-49(42)68/h6-9,24-27,42,66,70H,4-5,10-23,28-32H2,1-3H3,(H,58,67,68)/t42?,53-/m1/s1. The summed E-state index contributed by atoms with van der Waals surface area (Å²) < 4.78 is 38.8. The van der Waals surface area contributed by atoms with Crippen molar-refractivity contribution in [3.05, 3.63) is 77.0 Å². The Bertz CT molecular complexity index is 2950. The number of nitrogens with one attached hydrogen (secondary N) is 1. The summed E-state index contributed by atoms with van der Waals surface area (Å²) in [5.41, 5.74) is 2.40. The van der Waals surface area contributed by atoms with Crippen LogP contribution in [-0.4, -0.2) is 141 Å². The molecule has 374 valence electrons. The van der Waals surface area contributed by atoms with Crippen molar-refractivity contribution in [3.63, 3.8) is 0 Å². The molecule has 5 aromatic rings. The van der Waals surface area contributed by atoms with Crippen molar-refractivity contribution in [2.75, 3.05) is 81.9 Å². The highest BCUT2D eigenvalue weighted by molar-refractivity contribution is 6.06. The molecule has 3 N–H and O–H groups in total. The van der Waals surface area contributed by atoms with Crippen molar-refractivity contribution in [2.24, 2.45) is 10.8 Å². The van der Waals surface area contributed by atoms with E-state index in [1.165, 1.54) is 24.4 Å². The molecule has 5 fully saturated rings. The highest BCUT2D eigenvalue weighted by Crippen LogP contribution is 2.48. The number of carbonyl (C=O) groups excluding carboxylic acids is 3. The highest BCUT2D eigenvalue weighted by Gasteiger charge is 2.47. The van der Waals surface area contributed by atoms with Crippen LogP contribution in [0.1, 0.15) is 93.6 Å². The third-order valence-corrected chi connectivity index (χ3v) is 16.3. The van der Waals surface area contributed by atoms with Gasteiger partial charge in [-0.3, -0.25) is 29.6 Å². The molecule has 11 rings (SSSR count). The van der Waals surface area contributed by atoms with E-state index in [-0.39, 0.29) is 57.6 Å². The monoisotopic (exact) mass is 971 g/mol. The van der Waals surface area contributed by atoms with Gasteiger partial charge in [-0.25, -0.2) is 8.78 Å². The largest absolute Gasteiger partial charge is 0.508 e. The van der Waals surface area contributed by atoms with Crippen LogP contribution in [-0.2, 0) is 22.6 Å². The first-order chi connectivity index (χ1) is 34.1. The van der Waals surface area contributed by atoms with E-state index in [2.05, 4.69) is 38.0 Å². The van der Waals surface area contributed by atoms with E-state index in [1.807, 2.05) is 24.0 Å². The summed E-state index contributed by atoms with van der Waals surface area (Å²) >= 11 is 0. The van der Waals surface area contributed by atoms with E-state index in [4.69, 9.17) is 14.7 Å². The molecule has 6 aliphatic rings. The van der Waals surface area contributed by atoms with E-state index in [0.717, 1.165) is 95.7 Å². The number of fused-ring (bicyclic) bond motifs is 3. The summed E-state index contributed by atoms with van der Waals surface area (Å²) in [5, 5.41) is 25.7. The van der Waals surface area contributed by atoms with Crippen molar-refractivity contribution in [1.82, 2.24) is 35.0 Å². The number of phenolic OH excluding ortho intramolecular Hbond substituents is 1. The number of nitrogens with zero attached hydrogens (tertiary/aromatic N) is 8. The maximum atomic E-state index is 17.2. The average Bonchev–Trinajstić information content (AvgIpc) is 4.04. The fraction of sp³-hybridized carbons (Fsp3) is 0.519. The molecule has 17 heteroatoms. The molecule has 1 aliphatic carbocycles. The Hall–Kier alpha value is -6.04. The number of aryl methyl sites for hydroxylation is 1.